The largest absolute Gasteiger partial charge is 0.492 e. The highest BCUT2D eigenvalue weighted by Crippen LogP contribution is 2.25. The molecule has 1 N–H and O–H groups in total. The number of hydrogen-bond donors (Lipinski definition) is 1. The van der Waals surface area contributed by atoms with Gasteiger partial charge in [-0.3, -0.25) is 0 Å². The number of urea groups is 1. The maximum atomic E-state index is 12.6. The molecule has 2 saturated heterocycles. The summed E-state index contributed by atoms with van der Waals surface area (Å²) in [6, 6.07) is 7.30. The van der Waals surface area contributed by atoms with E-state index in [0.29, 0.717) is 44.2 Å². The Labute approximate surface area is 173 Å². The van der Waals surface area contributed by atoms with E-state index in [1.54, 1.807) is 4.90 Å². The van der Waals surface area contributed by atoms with Crippen LogP contribution < -0.4 is 10.1 Å². The van der Waals surface area contributed by atoms with E-state index in [2.05, 4.69) is 5.32 Å². The van der Waals surface area contributed by atoms with Crippen molar-refractivity contribution in [2.75, 3.05) is 44.4 Å². The first kappa shape index (κ1) is 21.9. The average molecular weight is 426 g/mol. The monoisotopic (exact) mass is 425 g/mol. The van der Waals surface area contributed by atoms with Gasteiger partial charge in [-0.2, -0.15) is 0 Å². The van der Waals surface area contributed by atoms with E-state index in [1.807, 2.05) is 31.2 Å². The van der Waals surface area contributed by atoms with E-state index in [0.717, 1.165) is 25.7 Å². The average Bonchev–Trinajstić information content (AvgIpc) is 2.70. The first-order valence-corrected chi connectivity index (χ1v) is 12.1. The van der Waals surface area contributed by atoms with E-state index >= 15 is 0 Å². The number of nitrogens with zero attached hydrogens (tertiary/aromatic N) is 2. The molecule has 0 aromatic heterocycles. The molecule has 2 aliphatic rings. The number of benzene rings is 1. The van der Waals surface area contributed by atoms with E-state index in [1.165, 1.54) is 10.6 Å². The minimum absolute atomic E-state index is 0.0939. The Morgan fingerprint density at radius 3 is 2.24 bits per heavy atom. The summed E-state index contributed by atoms with van der Waals surface area (Å²) in [5.41, 5.74) is 0.676. The van der Waals surface area contributed by atoms with E-state index in [-0.39, 0.29) is 18.2 Å². The fraction of sp³-hybridized carbons (Fsp3) is 0.650. The highest BCUT2D eigenvalue weighted by atomic mass is 32.2. The second kappa shape index (κ2) is 9.77. The normalized spacial score (nSPS) is 19.9. The molecule has 0 radical (unpaired) electrons. The van der Waals surface area contributed by atoms with E-state index < -0.39 is 10.0 Å². The number of hydrogen-bond acceptors (Lipinski definition) is 5. The minimum Gasteiger partial charge on any atom is -0.492 e. The Balaban J connectivity index is 1.43. The third-order valence-electron chi connectivity index (χ3n) is 5.41. The van der Waals surface area contributed by atoms with Gasteiger partial charge in [-0.15, -0.1) is 0 Å². The Morgan fingerprint density at radius 1 is 1.07 bits per heavy atom. The summed E-state index contributed by atoms with van der Waals surface area (Å²) in [7, 11) is -3.11. The molecule has 0 atom stereocenters. The molecule has 0 bridgehead atoms. The molecular weight excluding hydrogens is 394 g/mol. The van der Waals surface area contributed by atoms with Gasteiger partial charge in [0.05, 0.1) is 30.8 Å². The lowest BCUT2D eigenvalue weighted by molar-refractivity contribution is -0.0542. The van der Waals surface area contributed by atoms with Gasteiger partial charge in [-0.1, -0.05) is 12.1 Å². The molecule has 0 spiro atoms. The summed E-state index contributed by atoms with van der Waals surface area (Å²) in [5.74, 6) is 0.669. The van der Waals surface area contributed by atoms with Crippen molar-refractivity contribution in [3.8, 4) is 5.75 Å². The number of likely N-dealkylation sites (tertiary alicyclic amines) is 1. The zero-order valence-corrected chi connectivity index (χ0v) is 18.0. The van der Waals surface area contributed by atoms with Crippen LogP contribution in [0, 0.1) is 0 Å². The predicted molar refractivity (Wildman–Crippen MR) is 112 cm³/mol. The van der Waals surface area contributed by atoms with Crippen molar-refractivity contribution in [3.63, 3.8) is 0 Å². The van der Waals surface area contributed by atoms with Gasteiger partial charge in [0, 0.05) is 26.2 Å². The Kier molecular flexibility index (Phi) is 7.37. The zero-order chi connectivity index (χ0) is 20.9. The Hall–Kier alpha value is -1.84. The Morgan fingerprint density at radius 2 is 1.66 bits per heavy atom. The SMILES string of the molecule is CCOc1ccccc1NC(=O)N1CCC(OC2CCN(S(C)(=O)=O)CC2)CC1. The molecule has 1 aromatic rings. The maximum Gasteiger partial charge on any atom is 0.321 e. The maximum absolute atomic E-state index is 12.6. The second-order valence-electron chi connectivity index (χ2n) is 7.54. The van der Waals surface area contributed by atoms with Crippen LogP contribution in [0.15, 0.2) is 24.3 Å². The van der Waals surface area contributed by atoms with Crippen molar-refractivity contribution in [1.29, 1.82) is 0 Å². The van der Waals surface area contributed by atoms with Crippen LogP contribution in [0.2, 0.25) is 0 Å². The quantitative estimate of drug-likeness (QED) is 0.757. The van der Waals surface area contributed by atoms with E-state index in [4.69, 9.17) is 9.47 Å². The van der Waals surface area contributed by atoms with Crippen LogP contribution >= 0.6 is 0 Å². The number of sulfonamides is 1. The molecule has 2 heterocycles. The van der Waals surface area contributed by atoms with Crippen molar-refractivity contribution in [2.24, 2.45) is 0 Å². The first-order valence-electron chi connectivity index (χ1n) is 10.2. The molecule has 3 rings (SSSR count). The lowest BCUT2D eigenvalue weighted by atomic mass is 10.1. The zero-order valence-electron chi connectivity index (χ0n) is 17.2. The Bertz CT molecular complexity index is 785. The number of anilines is 1. The lowest BCUT2D eigenvalue weighted by Crippen LogP contribution is -2.45. The van der Waals surface area contributed by atoms with Gasteiger partial charge in [0.1, 0.15) is 5.75 Å². The lowest BCUT2D eigenvalue weighted by Gasteiger charge is -2.36. The van der Waals surface area contributed by atoms with Crippen LogP contribution in [-0.4, -0.2) is 74.9 Å². The van der Waals surface area contributed by atoms with Gasteiger partial charge in [0.25, 0.3) is 0 Å². The molecule has 162 valence electrons. The molecule has 0 aliphatic carbocycles. The minimum atomic E-state index is -3.11. The standard InChI is InChI=1S/C20H31N3O5S/c1-3-27-19-7-5-4-6-18(19)21-20(24)22-12-8-16(9-13-22)28-17-10-14-23(15-11-17)29(2,25)26/h4-7,16-17H,3,8-15H2,1-2H3,(H,21,24). The molecule has 0 unspecified atom stereocenters. The van der Waals surface area contributed by atoms with Crippen molar-refractivity contribution in [2.45, 2.75) is 44.8 Å². The van der Waals surface area contributed by atoms with Crippen LogP contribution in [-0.2, 0) is 14.8 Å². The van der Waals surface area contributed by atoms with Crippen LogP contribution in [0.5, 0.6) is 5.75 Å². The van der Waals surface area contributed by atoms with Crippen molar-refractivity contribution < 1.29 is 22.7 Å². The molecule has 29 heavy (non-hydrogen) atoms. The predicted octanol–water partition coefficient (Wildman–Crippen LogP) is 2.52. The highest BCUT2D eigenvalue weighted by molar-refractivity contribution is 7.88. The molecule has 0 saturated carbocycles. The molecule has 8 nitrogen and oxygen atoms in total. The van der Waals surface area contributed by atoms with Crippen molar-refractivity contribution in [1.82, 2.24) is 9.21 Å². The number of carbonyl (C=O) groups excluding carboxylic acids is 1. The molecule has 2 aliphatic heterocycles. The molecule has 9 heteroatoms. The van der Waals surface area contributed by atoms with Gasteiger partial charge < -0.3 is 19.7 Å². The number of para-hydroxylation sites is 2. The first-order chi connectivity index (χ1) is 13.9. The third kappa shape index (κ3) is 6.07. The number of piperidine rings is 2. The molecule has 2 fully saturated rings. The summed E-state index contributed by atoms with van der Waals surface area (Å²) in [6.45, 7) is 4.76. The summed E-state index contributed by atoms with van der Waals surface area (Å²) in [6.07, 6.45) is 4.48. The van der Waals surface area contributed by atoms with Gasteiger partial charge >= 0.3 is 6.03 Å². The summed E-state index contributed by atoms with van der Waals surface area (Å²) < 4.78 is 36.5. The van der Waals surface area contributed by atoms with Gasteiger partial charge in [-0.25, -0.2) is 17.5 Å². The van der Waals surface area contributed by atoms with Crippen LogP contribution in [0.25, 0.3) is 0 Å². The fourth-order valence-corrected chi connectivity index (χ4v) is 4.69. The van der Waals surface area contributed by atoms with Crippen LogP contribution in [0.3, 0.4) is 0 Å². The van der Waals surface area contributed by atoms with Crippen molar-refractivity contribution >= 4 is 21.7 Å². The summed E-state index contributed by atoms with van der Waals surface area (Å²) in [5, 5.41) is 2.94. The number of nitrogens with one attached hydrogen (secondary N) is 1. The van der Waals surface area contributed by atoms with Crippen LogP contribution in [0.1, 0.15) is 32.6 Å². The van der Waals surface area contributed by atoms with Gasteiger partial charge in [0.2, 0.25) is 10.0 Å². The van der Waals surface area contributed by atoms with Gasteiger partial charge in [-0.05, 0) is 44.7 Å². The molecule has 1 aromatic carbocycles. The van der Waals surface area contributed by atoms with E-state index in [9.17, 15) is 13.2 Å². The van der Waals surface area contributed by atoms with Crippen LogP contribution in [0.4, 0.5) is 10.5 Å². The number of amides is 2. The number of carbonyl (C=O) groups is 1. The number of rotatable bonds is 6. The fourth-order valence-electron chi connectivity index (χ4n) is 3.81. The summed E-state index contributed by atoms with van der Waals surface area (Å²) in [4.78, 5) is 14.4. The highest BCUT2D eigenvalue weighted by Gasteiger charge is 2.29. The second-order valence-corrected chi connectivity index (χ2v) is 9.53. The molecule has 2 amide bonds. The third-order valence-corrected chi connectivity index (χ3v) is 6.72. The topological polar surface area (TPSA) is 88.2 Å². The number of ether oxygens (including phenoxy) is 2. The summed E-state index contributed by atoms with van der Waals surface area (Å²) >= 11 is 0. The van der Waals surface area contributed by atoms with Gasteiger partial charge in [0.15, 0.2) is 0 Å². The van der Waals surface area contributed by atoms with Crippen molar-refractivity contribution in [3.05, 3.63) is 24.3 Å². The smallest absolute Gasteiger partial charge is 0.321 e. The molecular formula is C20H31N3O5S.